The minimum Gasteiger partial charge on any atom is -0.300 e. The standard InChI is InChI=1S/C28H36F2N2/c1-3-19-32(20-17-22-10-6-5-7-11-22)24(4-2)16-18-28(21-31,23-12-8-13-23)27-25(29)14-9-15-26(27)30/h5-7,9-11,14-15,23-24H,3-4,8,12-13,16-20H2,1-2H3. The van der Waals surface area contributed by atoms with Gasteiger partial charge in [0.05, 0.1) is 11.5 Å². The van der Waals surface area contributed by atoms with Crippen LogP contribution >= 0.6 is 0 Å². The van der Waals surface area contributed by atoms with Crippen molar-refractivity contribution in [2.75, 3.05) is 13.1 Å². The van der Waals surface area contributed by atoms with E-state index in [1.54, 1.807) is 0 Å². The number of hydrogen-bond donors (Lipinski definition) is 0. The van der Waals surface area contributed by atoms with Crippen LogP contribution in [0.25, 0.3) is 0 Å². The molecule has 0 radical (unpaired) electrons. The molecule has 0 amide bonds. The molecular formula is C28H36F2N2. The summed E-state index contributed by atoms with van der Waals surface area (Å²) in [6.07, 6.45) is 7.01. The fourth-order valence-electron chi connectivity index (χ4n) is 5.28. The minimum atomic E-state index is -1.08. The van der Waals surface area contributed by atoms with Gasteiger partial charge in [0.2, 0.25) is 0 Å². The van der Waals surface area contributed by atoms with Crippen LogP contribution in [0.2, 0.25) is 0 Å². The second-order valence-corrected chi connectivity index (χ2v) is 9.18. The van der Waals surface area contributed by atoms with Crippen molar-refractivity contribution >= 4 is 0 Å². The first-order chi connectivity index (χ1) is 15.6. The summed E-state index contributed by atoms with van der Waals surface area (Å²) in [4.78, 5) is 2.51. The van der Waals surface area contributed by atoms with E-state index in [4.69, 9.17) is 0 Å². The first-order valence-corrected chi connectivity index (χ1v) is 12.2. The molecule has 2 atom stereocenters. The monoisotopic (exact) mass is 438 g/mol. The van der Waals surface area contributed by atoms with Gasteiger partial charge in [-0.25, -0.2) is 8.78 Å². The lowest BCUT2D eigenvalue weighted by Gasteiger charge is -2.42. The number of hydrogen-bond acceptors (Lipinski definition) is 2. The normalized spacial score (nSPS) is 16.9. The summed E-state index contributed by atoms with van der Waals surface area (Å²) in [7, 11) is 0. The van der Waals surface area contributed by atoms with Crippen LogP contribution in [0.1, 0.15) is 69.9 Å². The first kappa shape index (κ1) is 24.4. The summed E-state index contributed by atoms with van der Waals surface area (Å²) >= 11 is 0. The highest BCUT2D eigenvalue weighted by Gasteiger charge is 2.47. The van der Waals surface area contributed by atoms with Crippen molar-refractivity contribution in [1.29, 1.82) is 5.26 Å². The maximum atomic E-state index is 14.8. The van der Waals surface area contributed by atoms with Crippen molar-refractivity contribution < 1.29 is 8.78 Å². The molecule has 3 rings (SSSR count). The summed E-state index contributed by atoms with van der Waals surface area (Å²) in [5.74, 6) is -1.14. The molecule has 2 aromatic carbocycles. The predicted molar refractivity (Wildman–Crippen MR) is 126 cm³/mol. The van der Waals surface area contributed by atoms with Crippen LogP contribution in [-0.4, -0.2) is 24.0 Å². The van der Waals surface area contributed by atoms with Gasteiger partial charge in [-0.3, -0.25) is 0 Å². The number of benzene rings is 2. The Morgan fingerprint density at radius 2 is 1.72 bits per heavy atom. The van der Waals surface area contributed by atoms with Gasteiger partial charge < -0.3 is 4.90 Å². The molecule has 1 fully saturated rings. The molecule has 0 heterocycles. The lowest BCUT2D eigenvalue weighted by atomic mass is 9.60. The van der Waals surface area contributed by atoms with Gasteiger partial charge in [0.15, 0.2) is 0 Å². The van der Waals surface area contributed by atoms with E-state index in [2.05, 4.69) is 49.1 Å². The maximum Gasteiger partial charge on any atom is 0.130 e. The fraction of sp³-hybridized carbons (Fsp3) is 0.536. The Balaban J connectivity index is 1.80. The zero-order valence-electron chi connectivity index (χ0n) is 19.5. The summed E-state index contributed by atoms with van der Waals surface area (Å²) in [5, 5.41) is 10.3. The molecule has 0 spiro atoms. The molecule has 0 bridgehead atoms. The van der Waals surface area contributed by atoms with Crippen molar-refractivity contribution in [3.8, 4) is 6.07 Å². The molecule has 0 N–H and O–H groups in total. The zero-order valence-corrected chi connectivity index (χ0v) is 19.5. The first-order valence-electron chi connectivity index (χ1n) is 12.2. The number of nitriles is 1. The van der Waals surface area contributed by atoms with Crippen molar-refractivity contribution in [3.63, 3.8) is 0 Å². The van der Waals surface area contributed by atoms with Gasteiger partial charge in [-0.2, -0.15) is 5.26 Å². The molecule has 172 valence electrons. The second kappa shape index (κ2) is 11.6. The van der Waals surface area contributed by atoms with Crippen molar-refractivity contribution in [2.45, 2.75) is 76.7 Å². The van der Waals surface area contributed by atoms with Crippen molar-refractivity contribution in [1.82, 2.24) is 4.90 Å². The maximum absolute atomic E-state index is 14.8. The largest absolute Gasteiger partial charge is 0.300 e. The van der Waals surface area contributed by atoms with Crippen LogP contribution in [0.5, 0.6) is 0 Å². The second-order valence-electron chi connectivity index (χ2n) is 9.18. The Morgan fingerprint density at radius 1 is 1.03 bits per heavy atom. The summed E-state index contributed by atoms with van der Waals surface area (Å²) < 4.78 is 29.7. The average Bonchev–Trinajstić information content (AvgIpc) is 2.76. The van der Waals surface area contributed by atoms with Crippen LogP contribution in [0, 0.1) is 28.9 Å². The Kier molecular flexibility index (Phi) is 8.82. The Morgan fingerprint density at radius 3 is 2.25 bits per heavy atom. The molecule has 1 aliphatic rings. The van der Waals surface area contributed by atoms with Gasteiger partial charge >= 0.3 is 0 Å². The molecule has 0 aliphatic heterocycles. The molecule has 32 heavy (non-hydrogen) atoms. The van der Waals surface area contributed by atoms with Crippen molar-refractivity contribution in [3.05, 3.63) is 71.3 Å². The van der Waals surface area contributed by atoms with Crippen LogP contribution in [-0.2, 0) is 11.8 Å². The van der Waals surface area contributed by atoms with E-state index in [-0.39, 0.29) is 11.5 Å². The molecule has 0 aromatic heterocycles. The molecule has 2 nitrogen and oxygen atoms in total. The third-order valence-corrected chi connectivity index (χ3v) is 7.31. The molecule has 0 saturated heterocycles. The van der Waals surface area contributed by atoms with Crippen molar-refractivity contribution in [2.24, 2.45) is 5.92 Å². The minimum absolute atomic E-state index is 0.00613. The van der Waals surface area contributed by atoms with Crippen LogP contribution in [0.3, 0.4) is 0 Å². The van der Waals surface area contributed by atoms with E-state index >= 15 is 0 Å². The third-order valence-electron chi connectivity index (χ3n) is 7.31. The number of nitrogens with zero attached hydrogens (tertiary/aromatic N) is 2. The fourth-order valence-corrected chi connectivity index (χ4v) is 5.28. The van der Waals surface area contributed by atoms with Gasteiger partial charge in [0.25, 0.3) is 0 Å². The SMILES string of the molecule is CCCN(CCc1ccccc1)C(CC)CCC(C#N)(c1c(F)cccc1F)C1CCC1. The summed E-state index contributed by atoms with van der Waals surface area (Å²) in [6.45, 7) is 6.30. The highest BCUT2D eigenvalue weighted by atomic mass is 19.1. The van der Waals surface area contributed by atoms with Gasteiger partial charge in [-0.05, 0) is 75.1 Å². The van der Waals surface area contributed by atoms with E-state index in [9.17, 15) is 14.0 Å². The molecule has 1 aliphatic carbocycles. The van der Waals surface area contributed by atoms with Gasteiger partial charge in [-0.15, -0.1) is 0 Å². The Labute approximate surface area is 192 Å². The smallest absolute Gasteiger partial charge is 0.130 e. The summed E-state index contributed by atoms with van der Waals surface area (Å²) in [5.41, 5.74) is 0.226. The zero-order chi connectivity index (χ0) is 23.0. The summed E-state index contributed by atoms with van der Waals surface area (Å²) in [6, 6.07) is 17.2. The van der Waals surface area contributed by atoms with Gasteiger partial charge in [0.1, 0.15) is 11.6 Å². The topological polar surface area (TPSA) is 27.0 Å². The average molecular weight is 439 g/mol. The predicted octanol–water partition coefficient (Wildman–Crippen LogP) is 7.04. The highest BCUT2D eigenvalue weighted by Crippen LogP contribution is 2.48. The van der Waals surface area contributed by atoms with E-state index < -0.39 is 17.0 Å². The molecule has 4 heteroatoms. The van der Waals surface area contributed by atoms with Crippen LogP contribution in [0.4, 0.5) is 8.78 Å². The Bertz CT molecular complexity index is 868. The molecule has 2 unspecified atom stereocenters. The lowest BCUT2D eigenvalue weighted by molar-refractivity contribution is 0.144. The third kappa shape index (κ3) is 5.38. The van der Waals surface area contributed by atoms with Gasteiger partial charge in [0, 0.05) is 18.2 Å². The van der Waals surface area contributed by atoms with E-state index in [1.165, 1.54) is 23.8 Å². The van der Waals surface area contributed by atoms with Crippen LogP contribution in [0.15, 0.2) is 48.5 Å². The molecular weight excluding hydrogens is 402 g/mol. The van der Waals surface area contributed by atoms with E-state index in [0.29, 0.717) is 12.5 Å². The molecule has 1 saturated carbocycles. The quantitative estimate of drug-likeness (QED) is 0.355. The number of halogens is 2. The highest BCUT2D eigenvalue weighted by molar-refractivity contribution is 5.37. The van der Waals surface area contributed by atoms with E-state index in [0.717, 1.165) is 58.0 Å². The molecule has 2 aromatic rings. The van der Waals surface area contributed by atoms with E-state index in [1.807, 2.05) is 6.07 Å². The number of rotatable bonds is 12. The Hall–Kier alpha value is -2.25. The lowest BCUT2D eigenvalue weighted by Crippen LogP contribution is -2.43. The van der Waals surface area contributed by atoms with Gasteiger partial charge in [-0.1, -0.05) is 56.7 Å². The van der Waals surface area contributed by atoms with Crippen LogP contribution < -0.4 is 0 Å².